The molecule has 0 aliphatic rings. The maximum atomic E-state index is 5.15. The zero-order chi connectivity index (χ0) is 12.7. The van der Waals surface area contributed by atoms with Gasteiger partial charge in [-0.1, -0.05) is 0 Å². The predicted octanol–water partition coefficient (Wildman–Crippen LogP) is -2.29. The summed E-state index contributed by atoms with van der Waals surface area (Å²) in [5.74, 6) is 0.0516. The van der Waals surface area contributed by atoms with Gasteiger partial charge < -0.3 is 38.3 Å². The van der Waals surface area contributed by atoms with Crippen LogP contribution in [0.4, 0.5) is 0 Å². The van der Waals surface area contributed by atoms with Gasteiger partial charge in [0.1, 0.15) is 5.71 Å². The van der Waals surface area contributed by atoms with Gasteiger partial charge in [0, 0.05) is 0 Å². The van der Waals surface area contributed by atoms with E-state index in [1.165, 1.54) is 12.5 Å². The summed E-state index contributed by atoms with van der Waals surface area (Å²) >= 11 is 0. The Kier molecular flexibility index (Phi) is 18.2. The van der Waals surface area contributed by atoms with Crippen molar-refractivity contribution in [3.05, 3.63) is 24.2 Å². The lowest BCUT2D eigenvalue weighted by Crippen LogP contribution is -2.22. The average molecular weight is 345 g/mol. The Bertz CT molecular complexity index is 478. The molecular weight excluding hydrogens is 327 g/mol. The minimum absolute atomic E-state index is 0. The van der Waals surface area contributed by atoms with Crippen LogP contribution in [0.5, 0.6) is 0 Å². The largest absolute Gasteiger partial charge is 0.463 e. The highest BCUT2D eigenvalue weighted by Gasteiger charge is 2.03. The molecule has 12 N–H and O–H groups in total. The van der Waals surface area contributed by atoms with Gasteiger partial charge in [-0.2, -0.15) is 5.10 Å². The molecule has 0 bridgehead atoms. The fraction of sp³-hybridized carbons (Fsp3) is 0. The zero-order valence-corrected chi connectivity index (χ0v) is 12.3. The molecule has 122 valence electrons. The molecule has 0 radical (unpaired) electrons. The van der Waals surface area contributed by atoms with E-state index in [-0.39, 0.29) is 53.4 Å². The van der Waals surface area contributed by atoms with Crippen LogP contribution in [0.15, 0.2) is 43.2 Å². The maximum absolute atomic E-state index is 5.15. The Morgan fingerprint density at radius 3 is 1.95 bits per heavy atom. The highest BCUT2D eigenvalue weighted by Crippen LogP contribution is 2.01. The Balaban J connectivity index is -0.000000361. The first-order chi connectivity index (χ1) is 8.09. The molecule has 0 fully saturated rings. The van der Waals surface area contributed by atoms with Crippen LogP contribution in [-0.4, -0.2) is 34.8 Å². The maximum Gasteiger partial charge on any atom is 0.211 e. The van der Waals surface area contributed by atoms with Gasteiger partial charge in [-0.3, -0.25) is 0 Å². The lowest BCUT2D eigenvalue weighted by atomic mass is 10.3. The molecule has 0 saturated heterocycles. The fourth-order valence-corrected chi connectivity index (χ4v) is 0.825. The summed E-state index contributed by atoms with van der Waals surface area (Å²) in [6, 6.07) is 3.33. The van der Waals surface area contributed by atoms with E-state index in [9.17, 15) is 0 Å². The van der Waals surface area contributed by atoms with Crippen LogP contribution in [0, 0.1) is 0 Å². The zero-order valence-electron chi connectivity index (χ0n) is 10.6. The molecule has 1 rings (SSSR count). The van der Waals surface area contributed by atoms with Gasteiger partial charge in [0.25, 0.3) is 0 Å². The van der Waals surface area contributed by atoms with Crippen LogP contribution < -0.4 is 22.9 Å². The highest BCUT2D eigenvalue weighted by molar-refractivity contribution is 6.37. The quantitative estimate of drug-likeness (QED) is 0.267. The van der Waals surface area contributed by atoms with E-state index >= 15 is 0 Å². The molecule has 0 spiro atoms. The van der Waals surface area contributed by atoms with E-state index in [0.29, 0.717) is 5.76 Å². The summed E-state index contributed by atoms with van der Waals surface area (Å²) in [5, 5.41) is 14.2. The molecule has 0 aliphatic heterocycles. The molecule has 1 aromatic heterocycles. The van der Waals surface area contributed by atoms with Crippen LogP contribution in [0.1, 0.15) is 5.76 Å². The smallest absolute Gasteiger partial charge is 0.211 e. The van der Waals surface area contributed by atoms with Gasteiger partial charge in [0.2, 0.25) is 11.9 Å². The highest BCUT2D eigenvalue weighted by atomic mass is 35.5. The van der Waals surface area contributed by atoms with Gasteiger partial charge in [0.15, 0.2) is 5.76 Å². The van der Waals surface area contributed by atoms with Crippen LogP contribution in [0.2, 0.25) is 0 Å². The van der Waals surface area contributed by atoms with E-state index in [0.717, 1.165) is 0 Å². The third kappa shape index (κ3) is 11.2. The van der Waals surface area contributed by atoms with Crippen molar-refractivity contribution in [3.63, 3.8) is 0 Å². The first kappa shape index (κ1) is 27.1. The molecule has 0 unspecified atom stereocenters. The number of hydrogen-bond acceptors (Lipinski definition) is 5. The van der Waals surface area contributed by atoms with E-state index in [1.54, 1.807) is 12.1 Å². The predicted molar refractivity (Wildman–Crippen MR) is 87.1 cm³/mol. The van der Waals surface area contributed by atoms with Crippen molar-refractivity contribution in [1.82, 2.24) is 0 Å². The van der Waals surface area contributed by atoms with E-state index < -0.39 is 0 Å². The summed E-state index contributed by atoms with van der Waals surface area (Å²) in [4.78, 5) is 0. The second-order valence-corrected chi connectivity index (χ2v) is 2.76. The van der Waals surface area contributed by atoms with Crippen LogP contribution in [-0.2, 0) is 0 Å². The first-order valence-corrected chi connectivity index (χ1v) is 4.42. The summed E-state index contributed by atoms with van der Waals surface area (Å²) < 4.78 is 5.10. The second kappa shape index (κ2) is 14.1. The van der Waals surface area contributed by atoms with Crippen LogP contribution in [0.25, 0.3) is 0 Å². The molecule has 21 heavy (non-hydrogen) atoms. The Morgan fingerprint density at radius 1 is 0.952 bits per heavy atom. The van der Waals surface area contributed by atoms with Gasteiger partial charge in [-0.05, 0) is 12.1 Å². The Labute approximate surface area is 132 Å². The molecule has 0 aromatic carbocycles. The molecule has 1 heterocycles. The molecule has 1 aromatic rings. The number of furan rings is 1. The normalized spacial score (nSPS) is 9.24. The Morgan fingerprint density at radius 2 is 1.52 bits per heavy atom. The minimum Gasteiger partial charge on any atom is -0.463 e. The lowest BCUT2D eigenvalue weighted by Gasteiger charge is -1.92. The van der Waals surface area contributed by atoms with Gasteiger partial charge >= 0.3 is 0 Å². The topological polar surface area (TPSA) is 230 Å². The van der Waals surface area contributed by atoms with Crippen LogP contribution >= 0.6 is 24.8 Å². The number of nitrogens with zero attached hydrogens (tertiary/aromatic N) is 4. The Hall–Kier alpha value is -2.34. The van der Waals surface area contributed by atoms with Gasteiger partial charge in [-0.25, -0.2) is 0 Å². The summed E-state index contributed by atoms with van der Waals surface area (Å²) in [5.41, 5.74) is 20.8. The summed E-state index contributed by atoms with van der Waals surface area (Å²) in [7, 11) is 0. The number of halogens is 2. The van der Waals surface area contributed by atoms with E-state index in [2.05, 4.69) is 20.4 Å². The summed E-state index contributed by atoms with van der Waals surface area (Å²) in [6.45, 7) is 0. The summed E-state index contributed by atoms with van der Waals surface area (Å²) in [6.07, 6.45) is 2.72. The SMILES string of the molecule is Cl.Cl.NC(N)=NN=CC(=NN=C(N)N)c1ccco1.O.O. The molecule has 13 heteroatoms. The van der Waals surface area contributed by atoms with Crippen molar-refractivity contribution < 1.29 is 15.4 Å². The number of hydrogen-bond donors (Lipinski definition) is 4. The van der Waals surface area contributed by atoms with Crippen molar-refractivity contribution in [2.24, 2.45) is 43.3 Å². The second-order valence-electron chi connectivity index (χ2n) is 2.76. The van der Waals surface area contributed by atoms with E-state index in [4.69, 9.17) is 27.4 Å². The van der Waals surface area contributed by atoms with Crippen LogP contribution in [0.3, 0.4) is 0 Å². The minimum atomic E-state index is -0.190. The van der Waals surface area contributed by atoms with Gasteiger partial charge in [0.05, 0.1) is 12.5 Å². The van der Waals surface area contributed by atoms with Crippen molar-refractivity contribution in [1.29, 1.82) is 0 Å². The average Bonchev–Trinajstić information content (AvgIpc) is 2.75. The van der Waals surface area contributed by atoms with Crippen molar-refractivity contribution >= 4 is 48.7 Å². The number of rotatable bonds is 4. The van der Waals surface area contributed by atoms with Gasteiger partial charge in [-0.15, -0.1) is 40.1 Å². The van der Waals surface area contributed by atoms with E-state index in [1.807, 2.05) is 0 Å². The monoisotopic (exact) mass is 344 g/mol. The standard InChI is InChI=1S/C8H12N8O.2ClH.2H2O/c9-7(10)15-13-4-5(14-16-8(11)12)6-2-1-3-17-6;;;;/h1-4H,(H4,9,10,15)(H4,11,12,16);2*1H;2*1H2. The molecule has 11 nitrogen and oxygen atoms in total. The van der Waals surface area contributed by atoms with Crippen molar-refractivity contribution in [2.45, 2.75) is 0 Å². The molecule has 0 atom stereocenters. The third-order valence-electron chi connectivity index (χ3n) is 1.40. The number of nitrogens with two attached hydrogens (primary N) is 4. The molecule has 0 amide bonds. The fourth-order valence-electron chi connectivity index (χ4n) is 0.825. The number of guanidine groups is 2. The molecule has 0 saturated carbocycles. The third-order valence-corrected chi connectivity index (χ3v) is 1.40. The van der Waals surface area contributed by atoms with Crippen molar-refractivity contribution in [3.8, 4) is 0 Å². The lowest BCUT2D eigenvalue weighted by molar-refractivity contribution is 0.558. The van der Waals surface area contributed by atoms with Crippen molar-refractivity contribution in [2.75, 3.05) is 0 Å². The first-order valence-electron chi connectivity index (χ1n) is 4.42. The molecule has 0 aliphatic carbocycles. The molecular formula is C8H18Cl2N8O3.